The molecule has 0 spiro atoms. The Kier molecular flexibility index (Phi) is 10.2. The number of anilines is 1. The van der Waals surface area contributed by atoms with Crippen LogP contribution in [0.3, 0.4) is 0 Å². The van der Waals surface area contributed by atoms with E-state index in [1.807, 2.05) is 30.3 Å². The highest BCUT2D eigenvalue weighted by Crippen LogP contribution is 2.23. The first kappa shape index (κ1) is 28.0. The second-order valence-corrected chi connectivity index (χ2v) is 11.8. The van der Waals surface area contributed by atoms with Crippen LogP contribution in [0.2, 0.25) is 5.02 Å². The van der Waals surface area contributed by atoms with E-state index in [0.717, 1.165) is 37.5 Å². The summed E-state index contributed by atoms with van der Waals surface area (Å²) >= 11 is 6.06. The highest BCUT2D eigenvalue weighted by Gasteiger charge is 2.28. The van der Waals surface area contributed by atoms with Crippen molar-refractivity contribution in [1.29, 1.82) is 0 Å². The molecule has 9 heteroatoms. The predicted octanol–water partition coefficient (Wildman–Crippen LogP) is 4.40. The number of benzene rings is 2. The molecule has 1 aliphatic rings. The highest BCUT2D eigenvalue weighted by atomic mass is 35.5. The lowest BCUT2D eigenvalue weighted by molar-refractivity contribution is -0.140. The molecule has 0 aromatic heterocycles. The molecule has 2 aromatic carbocycles. The van der Waals surface area contributed by atoms with Crippen LogP contribution >= 0.6 is 11.6 Å². The molecule has 7 nitrogen and oxygen atoms in total. The summed E-state index contributed by atoms with van der Waals surface area (Å²) in [6.07, 6.45) is 6.38. The molecule has 2 amide bonds. The summed E-state index contributed by atoms with van der Waals surface area (Å²) < 4.78 is 26.1. The van der Waals surface area contributed by atoms with Crippen LogP contribution < -0.4 is 9.62 Å². The maximum Gasteiger partial charge on any atom is 0.242 e. The normalized spacial score (nSPS) is 14.9. The molecule has 0 unspecified atom stereocenters. The van der Waals surface area contributed by atoms with E-state index in [4.69, 9.17) is 11.6 Å². The van der Waals surface area contributed by atoms with Crippen LogP contribution in [-0.2, 0) is 26.0 Å². The van der Waals surface area contributed by atoms with Crippen molar-refractivity contribution in [2.45, 2.75) is 64.0 Å². The molecule has 1 saturated carbocycles. The molecule has 0 saturated heterocycles. The fraction of sp³-hybridized carbons (Fsp3) is 0.481. The van der Waals surface area contributed by atoms with E-state index >= 15 is 0 Å². The minimum Gasteiger partial charge on any atom is -0.352 e. The van der Waals surface area contributed by atoms with E-state index < -0.39 is 16.1 Å². The number of rotatable bonds is 12. The minimum atomic E-state index is -3.56. The largest absolute Gasteiger partial charge is 0.352 e. The van der Waals surface area contributed by atoms with E-state index in [1.165, 1.54) is 4.31 Å². The number of hydrogen-bond acceptors (Lipinski definition) is 4. The van der Waals surface area contributed by atoms with Crippen molar-refractivity contribution in [3.05, 3.63) is 65.2 Å². The first-order valence-electron chi connectivity index (χ1n) is 12.5. The monoisotopic (exact) mass is 533 g/mol. The van der Waals surface area contributed by atoms with E-state index in [2.05, 4.69) is 5.32 Å². The average Bonchev–Trinajstić information content (AvgIpc) is 3.34. The fourth-order valence-electron chi connectivity index (χ4n) is 4.60. The SMILES string of the molecule is C[C@H](C(=O)NC1CCCC1)N(CCc1ccccc1)C(=O)CCCN(c1cccc(Cl)c1)S(C)(=O)=O. The van der Waals surface area contributed by atoms with Crippen LogP contribution in [0, 0.1) is 0 Å². The molecule has 1 aliphatic carbocycles. The van der Waals surface area contributed by atoms with Gasteiger partial charge in [-0.1, -0.05) is 60.8 Å². The zero-order valence-corrected chi connectivity index (χ0v) is 22.6. The summed E-state index contributed by atoms with van der Waals surface area (Å²) in [6.45, 7) is 2.31. The number of nitrogens with zero attached hydrogens (tertiary/aromatic N) is 2. The number of halogens is 1. The number of sulfonamides is 1. The molecule has 2 aromatic rings. The number of amides is 2. The molecule has 196 valence electrons. The van der Waals surface area contributed by atoms with E-state index in [-0.39, 0.29) is 30.8 Å². The molecule has 1 atom stereocenters. The third kappa shape index (κ3) is 8.23. The van der Waals surface area contributed by atoms with Crippen molar-refractivity contribution < 1.29 is 18.0 Å². The summed E-state index contributed by atoms with van der Waals surface area (Å²) in [5.74, 6) is -0.306. The Morgan fingerprint density at radius 1 is 1.06 bits per heavy atom. The smallest absolute Gasteiger partial charge is 0.242 e. The lowest BCUT2D eigenvalue weighted by Gasteiger charge is -2.30. The van der Waals surface area contributed by atoms with Gasteiger partial charge < -0.3 is 10.2 Å². The van der Waals surface area contributed by atoms with E-state index in [1.54, 1.807) is 36.1 Å². The number of hydrogen-bond donors (Lipinski definition) is 1. The molecule has 3 rings (SSSR count). The summed E-state index contributed by atoms with van der Waals surface area (Å²) in [7, 11) is -3.56. The van der Waals surface area contributed by atoms with Crippen LogP contribution in [0.5, 0.6) is 0 Å². The molecule has 0 bridgehead atoms. The van der Waals surface area contributed by atoms with Crippen molar-refractivity contribution in [2.75, 3.05) is 23.7 Å². The minimum absolute atomic E-state index is 0.127. The second kappa shape index (κ2) is 13.1. The van der Waals surface area contributed by atoms with Gasteiger partial charge >= 0.3 is 0 Å². The van der Waals surface area contributed by atoms with Gasteiger partial charge in [-0.25, -0.2) is 8.42 Å². The van der Waals surface area contributed by atoms with Gasteiger partial charge in [-0.05, 0) is 56.4 Å². The molecule has 1 N–H and O–H groups in total. The lowest BCUT2D eigenvalue weighted by atomic mass is 10.1. The van der Waals surface area contributed by atoms with Crippen LogP contribution in [0.25, 0.3) is 0 Å². The maximum atomic E-state index is 13.3. The van der Waals surface area contributed by atoms with Gasteiger partial charge in [-0.3, -0.25) is 13.9 Å². The molecule has 0 aliphatic heterocycles. The number of nitrogens with one attached hydrogen (secondary N) is 1. The predicted molar refractivity (Wildman–Crippen MR) is 145 cm³/mol. The Labute approximate surface area is 219 Å². The van der Waals surface area contributed by atoms with Gasteiger partial charge in [0.15, 0.2) is 0 Å². The van der Waals surface area contributed by atoms with Crippen molar-refractivity contribution in [3.8, 4) is 0 Å². The highest BCUT2D eigenvalue weighted by molar-refractivity contribution is 7.92. The molecular weight excluding hydrogens is 498 g/mol. The topological polar surface area (TPSA) is 86.8 Å². The van der Waals surface area contributed by atoms with E-state index in [0.29, 0.717) is 30.1 Å². The summed E-state index contributed by atoms with van der Waals surface area (Å²) in [6, 6.07) is 16.0. The zero-order chi connectivity index (χ0) is 26.1. The van der Waals surface area contributed by atoms with Crippen LogP contribution in [0.1, 0.15) is 51.0 Å². The molecule has 1 fully saturated rings. The Morgan fingerprint density at radius 3 is 2.39 bits per heavy atom. The maximum absolute atomic E-state index is 13.3. The average molecular weight is 534 g/mol. The van der Waals surface area contributed by atoms with Gasteiger partial charge in [0.1, 0.15) is 6.04 Å². The van der Waals surface area contributed by atoms with Crippen molar-refractivity contribution in [1.82, 2.24) is 10.2 Å². The summed E-state index contributed by atoms with van der Waals surface area (Å²) in [5, 5.41) is 3.54. The van der Waals surface area contributed by atoms with Crippen molar-refractivity contribution >= 4 is 39.1 Å². The van der Waals surface area contributed by atoms with Gasteiger partial charge in [0, 0.05) is 30.6 Å². The quantitative estimate of drug-likeness (QED) is 0.438. The molecule has 36 heavy (non-hydrogen) atoms. The molecule has 0 heterocycles. The van der Waals surface area contributed by atoms with Gasteiger partial charge in [0.2, 0.25) is 21.8 Å². The number of carbonyl (C=O) groups is 2. The van der Waals surface area contributed by atoms with Crippen LogP contribution in [0.15, 0.2) is 54.6 Å². The fourth-order valence-corrected chi connectivity index (χ4v) is 5.74. The van der Waals surface area contributed by atoms with Crippen LogP contribution in [0.4, 0.5) is 5.69 Å². The Hall–Kier alpha value is -2.58. The summed E-state index contributed by atoms with van der Waals surface area (Å²) in [4.78, 5) is 27.9. The number of carbonyl (C=O) groups excluding carboxylic acids is 2. The van der Waals surface area contributed by atoms with Gasteiger partial charge in [0.05, 0.1) is 11.9 Å². The van der Waals surface area contributed by atoms with E-state index in [9.17, 15) is 18.0 Å². The standard InChI is InChI=1S/C27H36ClN3O4S/c1-21(27(33)29-24-13-6-7-14-24)30(19-17-22-10-4-3-5-11-22)26(32)16-9-18-31(36(2,34)35)25-15-8-12-23(28)20-25/h3-5,8,10-12,15,20-21,24H,6-7,9,13-14,16-19H2,1-2H3,(H,29,33)/t21-/m1/s1. The van der Waals surface area contributed by atoms with Crippen molar-refractivity contribution in [2.24, 2.45) is 0 Å². The first-order valence-corrected chi connectivity index (χ1v) is 14.7. The van der Waals surface area contributed by atoms with Gasteiger partial charge in [-0.15, -0.1) is 0 Å². The lowest BCUT2D eigenvalue weighted by Crippen LogP contribution is -2.50. The summed E-state index contributed by atoms with van der Waals surface area (Å²) in [5.41, 5.74) is 1.55. The Balaban J connectivity index is 1.67. The molecule has 0 radical (unpaired) electrons. The van der Waals surface area contributed by atoms with Gasteiger partial charge in [0.25, 0.3) is 0 Å². The third-order valence-corrected chi connectivity index (χ3v) is 8.03. The molecular formula is C27H36ClN3O4S. The van der Waals surface area contributed by atoms with Crippen molar-refractivity contribution in [3.63, 3.8) is 0 Å². The Morgan fingerprint density at radius 2 is 1.75 bits per heavy atom. The van der Waals surface area contributed by atoms with Gasteiger partial charge in [-0.2, -0.15) is 0 Å². The Bertz CT molecular complexity index is 1120. The van der Waals surface area contributed by atoms with Crippen LogP contribution in [-0.4, -0.2) is 56.6 Å². The third-order valence-electron chi connectivity index (χ3n) is 6.60. The second-order valence-electron chi connectivity index (χ2n) is 9.41. The first-order chi connectivity index (χ1) is 17.1. The zero-order valence-electron chi connectivity index (χ0n) is 21.0.